The van der Waals surface area contributed by atoms with Crippen LogP contribution < -0.4 is 4.74 Å². The van der Waals surface area contributed by atoms with Gasteiger partial charge in [0.25, 0.3) is 0 Å². The summed E-state index contributed by atoms with van der Waals surface area (Å²) in [5, 5.41) is 8.55. The Labute approximate surface area is 102 Å². The van der Waals surface area contributed by atoms with E-state index in [9.17, 15) is 0 Å². The van der Waals surface area contributed by atoms with Crippen molar-refractivity contribution in [2.24, 2.45) is 0 Å². The number of hydrogen-bond acceptors (Lipinski definition) is 3. The fourth-order valence-electron chi connectivity index (χ4n) is 1.71. The highest BCUT2D eigenvalue weighted by molar-refractivity contribution is 5.28. The zero-order valence-electron chi connectivity index (χ0n) is 9.89. The molecule has 0 spiro atoms. The summed E-state index contributed by atoms with van der Waals surface area (Å²) >= 11 is 0. The number of rotatable bonds is 6. The van der Waals surface area contributed by atoms with Crippen molar-refractivity contribution < 1.29 is 9.47 Å². The third-order valence-electron chi connectivity index (χ3n) is 2.96. The molecule has 0 unspecified atom stereocenters. The fourth-order valence-corrected chi connectivity index (χ4v) is 1.71. The Morgan fingerprint density at radius 3 is 2.53 bits per heavy atom. The molecular weight excluding hydrogens is 214 g/mol. The van der Waals surface area contributed by atoms with Crippen molar-refractivity contribution in [1.82, 2.24) is 0 Å². The van der Waals surface area contributed by atoms with E-state index in [4.69, 9.17) is 14.7 Å². The monoisotopic (exact) mass is 231 g/mol. The summed E-state index contributed by atoms with van der Waals surface area (Å²) in [5.41, 5.74) is 1.02. The number of nitrogens with zero attached hydrogens (tertiary/aromatic N) is 1. The maximum absolute atomic E-state index is 8.55. The predicted molar refractivity (Wildman–Crippen MR) is 64.8 cm³/mol. The molecule has 1 saturated carbocycles. The van der Waals surface area contributed by atoms with Crippen molar-refractivity contribution >= 4 is 0 Å². The summed E-state index contributed by atoms with van der Waals surface area (Å²) in [6.45, 7) is 1.25. The topological polar surface area (TPSA) is 42.2 Å². The Kier molecular flexibility index (Phi) is 4.40. The molecule has 0 aliphatic heterocycles. The highest BCUT2D eigenvalue weighted by Gasteiger charge is 2.17. The van der Waals surface area contributed by atoms with Crippen molar-refractivity contribution in [3.05, 3.63) is 29.8 Å². The SMILES string of the molecule is N#CCc1ccc(OCCOC2CCC2)cc1. The molecule has 0 saturated heterocycles. The maximum atomic E-state index is 8.55. The van der Waals surface area contributed by atoms with Gasteiger partial charge in [-0.25, -0.2) is 0 Å². The minimum absolute atomic E-state index is 0.449. The van der Waals surface area contributed by atoms with E-state index in [1.807, 2.05) is 24.3 Å². The van der Waals surface area contributed by atoms with Gasteiger partial charge in [0, 0.05) is 0 Å². The molecule has 0 heterocycles. The molecule has 1 aliphatic rings. The molecule has 0 atom stereocenters. The summed E-state index contributed by atoms with van der Waals surface area (Å²) < 4.78 is 11.1. The number of ether oxygens (including phenoxy) is 2. The Bertz CT molecular complexity index is 376. The predicted octanol–water partition coefficient (Wildman–Crippen LogP) is 2.70. The molecule has 0 radical (unpaired) electrons. The molecule has 90 valence electrons. The van der Waals surface area contributed by atoms with E-state index >= 15 is 0 Å². The first-order valence-electron chi connectivity index (χ1n) is 6.09. The van der Waals surface area contributed by atoms with Gasteiger partial charge in [0.15, 0.2) is 0 Å². The zero-order valence-corrected chi connectivity index (χ0v) is 9.89. The molecule has 17 heavy (non-hydrogen) atoms. The second kappa shape index (κ2) is 6.27. The molecule has 0 bridgehead atoms. The van der Waals surface area contributed by atoms with Gasteiger partial charge in [-0.15, -0.1) is 0 Å². The van der Waals surface area contributed by atoms with Crippen LogP contribution >= 0.6 is 0 Å². The average Bonchev–Trinajstić information content (AvgIpc) is 2.29. The van der Waals surface area contributed by atoms with Crippen molar-refractivity contribution in [3.63, 3.8) is 0 Å². The van der Waals surface area contributed by atoms with Crippen LogP contribution in [0.2, 0.25) is 0 Å². The number of hydrogen-bond donors (Lipinski definition) is 0. The molecule has 3 nitrogen and oxygen atoms in total. The first-order chi connectivity index (χ1) is 8.38. The Morgan fingerprint density at radius 1 is 1.18 bits per heavy atom. The van der Waals surface area contributed by atoms with Crippen LogP contribution in [-0.4, -0.2) is 19.3 Å². The van der Waals surface area contributed by atoms with Crippen LogP contribution in [0.15, 0.2) is 24.3 Å². The molecule has 0 N–H and O–H groups in total. The van der Waals surface area contributed by atoms with Gasteiger partial charge in [-0.3, -0.25) is 0 Å². The van der Waals surface area contributed by atoms with Gasteiger partial charge < -0.3 is 9.47 Å². The highest BCUT2D eigenvalue weighted by Crippen LogP contribution is 2.21. The maximum Gasteiger partial charge on any atom is 0.119 e. The molecule has 1 aromatic rings. The van der Waals surface area contributed by atoms with E-state index in [2.05, 4.69) is 6.07 Å². The van der Waals surface area contributed by atoms with Gasteiger partial charge >= 0.3 is 0 Å². The molecule has 1 aromatic carbocycles. The third kappa shape index (κ3) is 3.76. The second-order valence-corrected chi connectivity index (χ2v) is 4.25. The van der Waals surface area contributed by atoms with Gasteiger partial charge in [-0.1, -0.05) is 12.1 Å². The van der Waals surface area contributed by atoms with Crippen LogP contribution in [-0.2, 0) is 11.2 Å². The van der Waals surface area contributed by atoms with Crippen LogP contribution in [0, 0.1) is 11.3 Å². The first-order valence-corrected chi connectivity index (χ1v) is 6.09. The second-order valence-electron chi connectivity index (χ2n) is 4.25. The molecule has 1 fully saturated rings. The lowest BCUT2D eigenvalue weighted by Gasteiger charge is -2.25. The fraction of sp³-hybridized carbons (Fsp3) is 0.500. The molecule has 0 aromatic heterocycles. The van der Waals surface area contributed by atoms with E-state index in [0.29, 0.717) is 25.7 Å². The summed E-state index contributed by atoms with van der Waals surface area (Å²) in [7, 11) is 0. The highest BCUT2D eigenvalue weighted by atomic mass is 16.5. The van der Waals surface area contributed by atoms with Crippen molar-refractivity contribution in [2.75, 3.05) is 13.2 Å². The minimum Gasteiger partial charge on any atom is -0.491 e. The third-order valence-corrected chi connectivity index (χ3v) is 2.96. The number of benzene rings is 1. The summed E-state index contributed by atoms with van der Waals surface area (Å²) in [6.07, 6.45) is 4.61. The molecule has 3 heteroatoms. The lowest BCUT2D eigenvalue weighted by Crippen LogP contribution is -2.23. The van der Waals surface area contributed by atoms with Gasteiger partial charge in [0.2, 0.25) is 0 Å². The van der Waals surface area contributed by atoms with Crippen LogP contribution in [0.1, 0.15) is 24.8 Å². The number of nitriles is 1. The van der Waals surface area contributed by atoms with Crippen LogP contribution in [0.3, 0.4) is 0 Å². The van der Waals surface area contributed by atoms with E-state index in [0.717, 1.165) is 11.3 Å². The van der Waals surface area contributed by atoms with Crippen LogP contribution in [0.5, 0.6) is 5.75 Å². The smallest absolute Gasteiger partial charge is 0.119 e. The first kappa shape index (κ1) is 11.9. The molecule has 2 rings (SSSR count). The van der Waals surface area contributed by atoms with Crippen LogP contribution in [0.4, 0.5) is 0 Å². The largest absolute Gasteiger partial charge is 0.491 e. The zero-order chi connectivity index (χ0) is 11.9. The van der Waals surface area contributed by atoms with Crippen molar-refractivity contribution in [3.8, 4) is 11.8 Å². The normalized spacial score (nSPS) is 15.0. The molecule has 1 aliphatic carbocycles. The quantitative estimate of drug-likeness (QED) is 0.707. The van der Waals surface area contributed by atoms with Gasteiger partial charge in [0.05, 0.1) is 25.2 Å². The lowest BCUT2D eigenvalue weighted by atomic mass is 9.96. The minimum atomic E-state index is 0.449. The Hall–Kier alpha value is -1.53. The van der Waals surface area contributed by atoms with Gasteiger partial charge in [0.1, 0.15) is 12.4 Å². The van der Waals surface area contributed by atoms with Crippen molar-refractivity contribution in [2.45, 2.75) is 31.8 Å². The van der Waals surface area contributed by atoms with Gasteiger partial charge in [-0.05, 0) is 37.0 Å². The molecule has 0 amide bonds. The lowest BCUT2D eigenvalue weighted by molar-refractivity contribution is -0.0103. The summed E-state index contributed by atoms with van der Waals surface area (Å²) in [5.74, 6) is 0.837. The van der Waals surface area contributed by atoms with E-state index in [-0.39, 0.29) is 0 Å². The standard InChI is InChI=1S/C14H17NO2/c15-9-8-12-4-6-14(7-5-12)17-11-10-16-13-2-1-3-13/h4-7,13H,1-3,8,10-11H2. The Morgan fingerprint density at radius 2 is 1.94 bits per heavy atom. The average molecular weight is 231 g/mol. The van der Waals surface area contributed by atoms with E-state index < -0.39 is 0 Å². The Balaban J connectivity index is 1.66. The summed E-state index contributed by atoms with van der Waals surface area (Å²) in [6, 6.07) is 9.76. The summed E-state index contributed by atoms with van der Waals surface area (Å²) in [4.78, 5) is 0. The molecular formula is C14H17NO2. The van der Waals surface area contributed by atoms with Crippen LogP contribution in [0.25, 0.3) is 0 Å². The van der Waals surface area contributed by atoms with E-state index in [1.165, 1.54) is 19.3 Å². The van der Waals surface area contributed by atoms with Crippen molar-refractivity contribution in [1.29, 1.82) is 5.26 Å². The van der Waals surface area contributed by atoms with E-state index in [1.54, 1.807) is 0 Å². The van der Waals surface area contributed by atoms with Gasteiger partial charge in [-0.2, -0.15) is 5.26 Å².